The molecule has 1 atom stereocenters. The van der Waals surface area contributed by atoms with Gasteiger partial charge in [-0.15, -0.1) is 11.6 Å². The molecule has 0 N–H and O–H groups in total. The second-order valence-corrected chi connectivity index (χ2v) is 7.03. The molecule has 0 spiro atoms. The van der Waals surface area contributed by atoms with Gasteiger partial charge >= 0.3 is 0 Å². The summed E-state index contributed by atoms with van der Waals surface area (Å²) < 4.78 is 2.18. The van der Waals surface area contributed by atoms with Gasteiger partial charge in [0.2, 0.25) is 0 Å². The summed E-state index contributed by atoms with van der Waals surface area (Å²) in [5.74, 6) is 1.55. The average molecular weight is 327 g/mol. The minimum atomic E-state index is -0.135. The number of nitrogens with zero attached hydrogens (tertiary/aromatic N) is 4. The number of rotatable bonds is 3. The predicted molar refractivity (Wildman–Crippen MR) is 87.0 cm³/mol. The summed E-state index contributed by atoms with van der Waals surface area (Å²) in [6.45, 7) is 5.20. The molecule has 1 aliphatic heterocycles. The Balaban J connectivity index is 1.93. The Hall–Kier alpha value is -0.840. The summed E-state index contributed by atoms with van der Waals surface area (Å²) >= 11 is 12.3. The number of fused-ring (bicyclic) bond motifs is 1. The highest BCUT2D eigenvalue weighted by atomic mass is 35.5. The predicted octanol–water partition coefficient (Wildman–Crippen LogP) is 3.73. The third kappa shape index (κ3) is 3.17. The van der Waals surface area contributed by atoms with Crippen molar-refractivity contribution in [3.8, 4) is 0 Å². The van der Waals surface area contributed by atoms with Crippen LogP contribution in [0.1, 0.15) is 31.0 Å². The van der Waals surface area contributed by atoms with Gasteiger partial charge < -0.3 is 9.47 Å². The molecule has 2 aromatic rings. The maximum absolute atomic E-state index is 6.31. The van der Waals surface area contributed by atoms with Crippen molar-refractivity contribution in [2.75, 3.05) is 20.1 Å². The van der Waals surface area contributed by atoms with E-state index in [1.165, 1.54) is 12.8 Å². The first kappa shape index (κ1) is 15.1. The molecular formula is C15H20Cl2N4. The van der Waals surface area contributed by atoms with Gasteiger partial charge in [-0.25, -0.2) is 9.97 Å². The molecule has 0 aromatic carbocycles. The van der Waals surface area contributed by atoms with Crippen LogP contribution in [0.4, 0.5) is 0 Å². The Morgan fingerprint density at radius 2 is 2.10 bits per heavy atom. The van der Waals surface area contributed by atoms with Gasteiger partial charge in [-0.3, -0.25) is 0 Å². The first-order chi connectivity index (χ1) is 10.0. The van der Waals surface area contributed by atoms with Crippen molar-refractivity contribution in [3.63, 3.8) is 0 Å². The summed E-state index contributed by atoms with van der Waals surface area (Å²) in [5.41, 5.74) is 1.72. The van der Waals surface area contributed by atoms with Crippen molar-refractivity contribution in [3.05, 3.63) is 23.1 Å². The molecule has 1 fully saturated rings. The molecule has 2 aromatic heterocycles. The lowest BCUT2D eigenvalue weighted by atomic mass is 9.97. The molecule has 0 amide bonds. The summed E-state index contributed by atoms with van der Waals surface area (Å²) in [6.07, 6.45) is 4.10. The Kier molecular flexibility index (Phi) is 4.38. The fourth-order valence-corrected chi connectivity index (χ4v) is 3.31. The number of halogens is 2. The zero-order chi connectivity index (χ0) is 15.0. The summed E-state index contributed by atoms with van der Waals surface area (Å²) in [6, 6.07) is 1.86. The third-order valence-corrected chi connectivity index (χ3v) is 4.62. The van der Waals surface area contributed by atoms with Crippen molar-refractivity contribution in [2.24, 2.45) is 5.92 Å². The van der Waals surface area contributed by atoms with Crippen LogP contribution in [-0.4, -0.2) is 39.6 Å². The fraction of sp³-hybridized carbons (Fsp3) is 0.600. The number of pyridine rings is 1. The lowest BCUT2D eigenvalue weighted by Crippen LogP contribution is -2.32. The number of likely N-dealkylation sites (tertiary alicyclic amines) is 1. The van der Waals surface area contributed by atoms with E-state index < -0.39 is 0 Å². The van der Waals surface area contributed by atoms with Crippen LogP contribution in [0.25, 0.3) is 11.2 Å². The monoisotopic (exact) mass is 326 g/mol. The second-order valence-electron chi connectivity index (χ2n) is 5.94. The molecule has 1 saturated heterocycles. The van der Waals surface area contributed by atoms with Gasteiger partial charge in [0, 0.05) is 12.7 Å². The van der Waals surface area contributed by atoms with Crippen molar-refractivity contribution in [1.29, 1.82) is 0 Å². The molecular weight excluding hydrogens is 307 g/mol. The van der Waals surface area contributed by atoms with E-state index in [-0.39, 0.29) is 5.38 Å². The molecule has 0 saturated carbocycles. The normalized spacial score (nSPS) is 19.2. The fourth-order valence-electron chi connectivity index (χ4n) is 2.99. The van der Waals surface area contributed by atoms with Crippen LogP contribution in [-0.2, 0) is 6.54 Å². The number of imidazole rings is 1. The SMILES string of the molecule is CC(Cl)c1nc2cc(Cl)cnc2n1CC1CCN(C)CC1. The average Bonchev–Trinajstić information content (AvgIpc) is 2.79. The number of piperidine rings is 1. The van der Waals surface area contributed by atoms with E-state index in [1.807, 2.05) is 13.0 Å². The van der Waals surface area contributed by atoms with Gasteiger partial charge in [-0.1, -0.05) is 11.6 Å². The Labute approximate surface area is 135 Å². The minimum absolute atomic E-state index is 0.135. The van der Waals surface area contributed by atoms with Crippen molar-refractivity contribution < 1.29 is 0 Å². The van der Waals surface area contributed by atoms with Crippen LogP contribution in [0, 0.1) is 5.92 Å². The molecule has 3 rings (SSSR count). The second kappa shape index (κ2) is 6.11. The first-order valence-electron chi connectivity index (χ1n) is 7.39. The van der Waals surface area contributed by atoms with Gasteiger partial charge in [-0.2, -0.15) is 0 Å². The molecule has 0 bridgehead atoms. The van der Waals surface area contributed by atoms with E-state index in [1.54, 1.807) is 6.20 Å². The van der Waals surface area contributed by atoms with E-state index >= 15 is 0 Å². The molecule has 1 unspecified atom stereocenters. The van der Waals surface area contributed by atoms with Crippen LogP contribution in [0.15, 0.2) is 12.3 Å². The highest BCUT2D eigenvalue weighted by Crippen LogP contribution is 2.28. The van der Waals surface area contributed by atoms with Crippen molar-refractivity contribution in [2.45, 2.75) is 31.7 Å². The van der Waals surface area contributed by atoms with Crippen LogP contribution < -0.4 is 0 Å². The molecule has 1 aliphatic rings. The summed E-state index contributed by atoms with van der Waals surface area (Å²) in [5, 5.41) is 0.476. The molecule has 6 heteroatoms. The Bertz CT molecular complexity index is 630. The highest BCUT2D eigenvalue weighted by molar-refractivity contribution is 6.31. The molecule has 4 nitrogen and oxygen atoms in total. The van der Waals surface area contributed by atoms with E-state index in [2.05, 4.69) is 26.5 Å². The zero-order valence-corrected chi connectivity index (χ0v) is 13.9. The quantitative estimate of drug-likeness (QED) is 0.806. The van der Waals surface area contributed by atoms with Gasteiger partial charge in [0.25, 0.3) is 0 Å². The lowest BCUT2D eigenvalue weighted by Gasteiger charge is -2.29. The molecule has 0 aliphatic carbocycles. The van der Waals surface area contributed by atoms with Gasteiger partial charge in [0.1, 0.15) is 11.3 Å². The van der Waals surface area contributed by atoms with Crippen molar-refractivity contribution >= 4 is 34.4 Å². The first-order valence-corrected chi connectivity index (χ1v) is 8.20. The van der Waals surface area contributed by atoms with E-state index in [4.69, 9.17) is 23.2 Å². The van der Waals surface area contributed by atoms with Crippen LogP contribution in [0.5, 0.6) is 0 Å². The van der Waals surface area contributed by atoms with Gasteiger partial charge in [-0.05, 0) is 51.9 Å². The van der Waals surface area contributed by atoms with Gasteiger partial charge in [0.05, 0.1) is 10.4 Å². The van der Waals surface area contributed by atoms with E-state index in [9.17, 15) is 0 Å². The summed E-state index contributed by atoms with van der Waals surface area (Å²) in [4.78, 5) is 11.5. The molecule has 0 radical (unpaired) electrons. The van der Waals surface area contributed by atoms with E-state index in [0.717, 1.165) is 36.6 Å². The standard InChI is InChI=1S/C15H20Cl2N4/c1-10(16)14-19-13-7-12(17)8-18-15(13)21(14)9-11-3-5-20(2)6-4-11/h7-8,10-11H,3-6,9H2,1-2H3. The van der Waals surface area contributed by atoms with Crippen molar-refractivity contribution in [1.82, 2.24) is 19.4 Å². The maximum atomic E-state index is 6.31. The van der Waals surface area contributed by atoms with Crippen LogP contribution in [0.2, 0.25) is 5.02 Å². The molecule has 114 valence electrons. The summed E-state index contributed by atoms with van der Waals surface area (Å²) in [7, 11) is 2.18. The number of hydrogen-bond donors (Lipinski definition) is 0. The number of aromatic nitrogens is 3. The smallest absolute Gasteiger partial charge is 0.160 e. The highest BCUT2D eigenvalue weighted by Gasteiger charge is 2.22. The Morgan fingerprint density at radius 3 is 2.76 bits per heavy atom. The largest absolute Gasteiger partial charge is 0.311 e. The van der Waals surface area contributed by atoms with Crippen LogP contribution in [0.3, 0.4) is 0 Å². The lowest BCUT2D eigenvalue weighted by molar-refractivity contribution is 0.205. The zero-order valence-electron chi connectivity index (χ0n) is 12.4. The van der Waals surface area contributed by atoms with E-state index in [0.29, 0.717) is 10.9 Å². The third-order valence-electron chi connectivity index (χ3n) is 4.22. The topological polar surface area (TPSA) is 34.0 Å². The van der Waals surface area contributed by atoms with Gasteiger partial charge in [0.15, 0.2) is 5.65 Å². The number of alkyl halides is 1. The Morgan fingerprint density at radius 1 is 1.38 bits per heavy atom. The number of hydrogen-bond acceptors (Lipinski definition) is 3. The minimum Gasteiger partial charge on any atom is -0.311 e. The molecule has 3 heterocycles. The molecule has 21 heavy (non-hydrogen) atoms. The van der Waals surface area contributed by atoms with Crippen LogP contribution >= 0.6 is 23.2 Å². The maximum Gasteiger partial charge on any atom is 0.160 e.